The fourth-order valence-electron chi connectivity index (χ4n) is 1.80. The molecular formula is C13H13NO2. The molecule has 0 atom stereocenters. The highest BCUT2D eigenvalue weighted by Crippen LogP contribution is 2.24. The number of benzene rings is 1. The van der Waals surface area contributed by atoms with Gasteiger partial charge < -0.3 is 5.11 Å². The molecule has 1 aromatic carbocycles. The molecule has 0 amide bonds. The van der Waals surface area contributed by atoms with Crippen LogP contribution in [0.3, 0.4) is 0 Å². The number of hydrogen-bond acceptors (Lipinski definition) is 2. The van der Waals surface area contributed by atoms with Crippen molar-refractivity contribution in [1.29, 1.82) is 0 Å². The maximum absolute atomic E-state index is 10.9. The van der Waals surface area contributed by atoms with Gasteiger partial charge in [0, 0.05) is 11.6 Å². The number of aromatic nitrogens is 1. The number of nitrogens with zero attached hydrogens (tertiary/aromatic N) is 1. The highest BCUT2D eigenvalue weighted by molar-refractivity contribution is 5.94. The molecule has 0 fully saturated rings. The van der Waals surface area contributed by atoms with Crippen molar-refractivity contribution in [1.82, 2.24) is 4.98 Å². The van der Waals surface area contributed by atoms with Crippen molar-refractivity contribution in [3.63, 3.8) is 0 Å². The molecule has 0 saturated heterocycles. The summed E-state index contributed by atoms with van der Waals surface area (Å²) in [5, 5.41) is 9.88. The van der Waals surface area contributed by atoms with Crippen LogP contribution in [0.25, 0.3) is 10.9 Å². The van der Waals surface area contributed by atoms with Crippen LogP contribution in [0.1, 0.15) is 35.7 Å². The molecule has 0 spiro atoms. The van der Waals surface area contributed by atoms with Crippen LogP contribution in [-0.4, -0.2) is 16.1 Å². The zero-order chi connectivity index (χ0) is 11.7. The van der Waals surface area contributed by atoms with E-state index in [0.717, 1.165) is 16.5 Å². The third kappa shape index (κ3) is 1.76. The maximum atomic E-state index is 10.9. The van der Waals surface area contributed by atoms with Gasteiger partial charge in [-0.25, -0.2) is 4.79 Å². The molecule has 2 aromatic rings. The fourth-order valence-corrected chi connectivity index (χ4v) is 1.80. The zero-order valence-corrected chi connectivity index (χ0v) is 9.27. The lowest BCUT2D eigenvalue weighted by Crippen LogP contribution is -1.98. The van der Waals surface area contributed by atoms with Gasteiger partial charge in [-0.15, -0.1) is 0 Å². The van der Waals surface area contributed by atoms with E-state index in [2.05, 4.69) is 18.8 Å². The first-order valence-electron chi connectivity index (χ1n) is 5.21. The molecule has 3 heteroatoms. The van der Waals surface area contributed by atoms with Crippen molar-refractivity contribution in [2.45, 2.75) is 19.8 Å². The van der Waals surface area contributed by atoms with Gasteiger partial charge in [-0.05, 0) is 35.7 Å². The monoisotopic (exact) mass is 215 g/mol. The first kappa shape index (κ1) is 10.6. The minimum absolute atomic E-state index is 0.308. The van der Waals surface area contributed by atoms with Gasteiger partial charge in [0.15, 0.2) is 0 Å². The van der Waals surface area contributed by atoms with Gasteiger partial charge in [0.2, 0.25) is 0 Å². The van der Waals surface area contributed by atoms with Gasteiger partial charge in [-0.2, -0.15) is 0 Å². The molecule has 0 radical (unpaired) electrons. The lowest BCUT2D eigenvalue weighted by molar-refractivity contribution is 0.0697. The van der Waals surface area contributed by atoms with E-state index in [1.54, 1.807) is 24.4 Å². The molecule has 82 valence electrons. The predicted octanol–water partition coefficient (Wildman–Crippen LogP) is 3.06. The Morgan fingerprint density at radius 2 is 2.06 bits per heavy atom. The molecule has 0 bridgehead atoms. The van der Waals surface area contributed by atoms with E-state index in [0.29, 0.717) is 11.5 Å². The van der Waals surface area contributed by atoms with Crippen LogP contribution in [0.4, 0.5) is 0 Å². The number of carboxylic acid groups (broad SMARTS) is 1. The lowest BCUT2D eigenvalue weighted by Gasteiger charge is -2.09. The molecule has 0 aliphatic carbocycles. The minimum atomic E-state index is -0.902. The van der Waals surface area contributed by atoms with Crippen molar-refractivity contribution in [2.75, 3.05) is 0 Å². The smallest absolute Gasteiger partial charge is 0.335 e. The summed E-state index contributed by atoms with van der Waals surface area (Å²) in [6.07, 6.45) is 1.76. The molecule has 1 aromatic heterocycles. The summed E-state index contributed by atoms with van der Waals surface area (Å²) < 4.78 is 0. The Kier molecular flexibility index (Phi) is 2.60. The molecule has 0 aliphatic rings. The quantitative estimate of drug-likeness (QED) is 0.837. The Hall–Kier alpha value is -1.90. The number of rotatable bonds is 2. The molecule has 0 aliphatic heterocycles. The molecule has 16 heavy (non-hydrogen) atoms. The zero-order valence-electron chi connectivity index (χ0n) is 9.27. The summed E-state index contributed by atoms with van der Waals surface area (Å²) in [7, 11) is 0. The van der Waals surface area contributed by atoms with Crippen LogP contribution in [0.5, 0.6) is 0 Å². The number of fused-ring (bicyclic) bond motifs is 1. The molecule has 2 rings (SSSR count). The standard InChI is InChI=1S/C13H13NO2/c1-8(2)10-5-6-14-12-4-3-9(13(15)16)7-11(10)12/h3-8H,1-2H3,(H,15,16). The van der Waals surface area contributed by atoms with E-state index < -0.39 is 5.97 Å². The molecular weight excluding hydrogens is 202 g/mol. The first-order valence-corrected chi connectivity index (χ1v) is 5.21. The van der Waals surface area contributed by atoms with Gasteiger partial charge in [0.25, 0.3) is 0 Å². The number of carbonyl (C=O) groups is 1. The van der Waals surface area contributed by atoms with Gasteiger partial charge in [-0.1, -0.05) is 13.8 Å². The van der Waals surface area contributed by atoms with Crippen molar-refractivity contribution < 1.29 is 9.90 Å². The second-order valence-electron chi connectivity index (χ2n) is 4.09. The van der Waals surface area contributed by atoms with E-state index in [9.17, 15) is 4.79 Å². The number of carboxylic acids is 1. The van der Waals surface area contributed by atoms with Gasteiger partial charge >= 0.3 is 5.97 Å². The molecule has 3 nitrogen and oxygen atoms in total. The average molecular weight is 215 g/mol. The van der Waals surface area contributed by atoms with E-state index in [1.165, 1.54) is 0 Å². The predicted molar refractivity (Wildman–Crippen MR) is 62.8 cm³/mol. The second-order valence-corrected chi connectivity index (χ2v) is 4.09. The highest BCUT2D eigenvalue weighted by atomic mass is 16.4. The summed E-state index contributed by atoms with van der Waals surface area (Å²) in [5.41, 5.74) is 2.28. The van der Waals surface area contributed by atoms with Crippen LogP contribution < -0.4 is 0 Å². The van der Waals surface area contributed by atoms with Gasteiger partial charge in [0.1, 0.15) is 0 Å². The largest absolute Gasteiger partial charge is 0.478 e. The van der Waals surface area contributed by atoms with Crippen LogP contribution >= 0.6 is 0 Å². The maximum Gasteiger partial charge on any atom is 0.335 e. The van der Waals surface area contributed by atoms with Gasteiger partial charge in [-0.3, -0.25) is 4.98 Å². The molecule has 1 heterocycles. The minimum Gasteiger partial charge on any atom is -0.478 e. The Balaban J connectivity index is 2.73. The molecule has 0 unspecified atom stereocenters. The Bertz CT molecular complexity index is 547. The van der Waals surface area contributed by atoms with Crippen LogP contribution in [-0.2, 0) is 0 Å². The normalized spacial score (nSPS) is 10.9. The third-order valence-electron chi connectivity index (χ3n) is 2.64. The van der Waals surface area contributed by atoms with E-state index in [1.807, 2.05) is 6.07 Å². The van der Waals surface area contributed by atoms with E-state index >= 15 is 0 Å². The van der Waals surface area contributed by atoms with Crippen LogP contribution in [0, 0.1) is 0 Å². The molecule has 1 N–H and O–H groups in total. The molecule has 0 saturated carbocycles. The van der Waals surface area contributed by atoms with Crippen molar-refractivity contribution in [3.8, 4) is 0 Å². The Morgan fingerprint density at radius 1 is 1.31 bits per heavy atom. The number of hydrogen-bond donors (Lipinski definition) is 1. The fraction of sp³-hybridized carbons (Fsp3) is 0.231. The summed E-state index contributed by atoms with van der Waals surface area (Å²) >= 11 is 0. The lowest BCUT2D eigenvalue weighted by atomic mass is 9.98. The van der Waals surface area contributed by atoms with Crippen molar-refractivity contribution in [2.24, 2.45) is 0 Å². The summed E-state index contributed by atoms with van der Waals surface area (Å²) in [6, 6.07) is 6.98. The van der Waals surface area contributed by atoms with E-state index in [4.69, 9.17) is 5.11 Å². The Labute approximate surface area is 93.7 Å². The van der Waals surface area contributed by atoms with Crippen molar-refractivity contribution >= 4 is 16.9 Å². The van der Waals surface area contributed by atoms with Crippen LogP contribution in [0.15, 0.2) is 30.5 Å². The summed E-state index contributed by atoms with van der Waals surface area (Å²) in [6.45, 7) is 4.17. The number of pyridine rings is 1. The summed E-state index contributed by atoms with van der Waals surface area (Å²) in [4.78, 5) is 15.1. The SMILES string of the molecule is CC(C)c1ccnc2ccc(C(=O)O)cc12. The summed E-state index contributed by atoms with van der Waals surface area (Å²) in [5.74, 6) is -0.546. The topological polar surface area (TPSA) is 50.2 Å². The third-order valence-corrected chi connectivity index (χ3v) is 2.64. The van der Waals surface area contributed by atoms with Crippen LogP contribution in [0.2, 0.25) is 0 Å². The van der Waals surface area contributed by atoms with Gasteiger partial charge in [0.05, 0.1) is 11.1 Å². The highest BCUT2D eigenvalue weighted by Gasteiger charge is 2.09. The van der Waals surface area contributed by atoms with Crippen molar-refractivity contribution in [3.05, 3.63) is 41.6 Å². The number of aromatic carboxylic acids is 1. The average Bonchev–Trinajstić information content (AvgIpc) is 2.27. The Morgan fingerprint density at radius 3 is 2.69 bits per heavy atom. The van der Waals surface area contributed by atoms with E-state index in [-0.39, 0.29) is 0 Å². The second kappa shape index (κ2) is 3.93. The first-order chi connectivity index (χ1) is 7.59.